The van der Waals surface area contributed by atoms with E-state index in [0.29, 0.717) is 12.1 Å². The van der Waals surface area contributed by atoms with E-state index in [2.05, 4.69) is 0 Å². The smallest absolute Gasteiger partial charge is 0.292 e. The van der Waals surface area contributed by atoms with E-state index >= 15 is 0 Å². The molecule has 0 atom stereocenters. The summed E-state index contributed by atoms with van der Waals surface area (Å²) >= 11 is 0. The largest absolute Gasteiger partial charge is 0.416 e. The summed E-state index contributed by atoms with van der Waals surface area (Å²) in [5, 5.41) is 0. The second kappa shape index (κ2) is 5.18. The third-order valence-corrected chi connectivity index (χ3v) is 2.26. The number of hydrogen-bond donors (Lipinski definition) is 0. The molecule has 1 aromatic carbocycles. The van der Waals surface area contributed by atoms with E-state index in [-0.39, 0.29) is 0 Å². The van der Waals surface area contributed by atoms with Gasteiger partial charge in [0.15, 0.2) is 0 Å². The lowest BCUT2D eigenvalue weighted by Crippen LogP contribution is -2.37. The molecule has 1 nitrogen and oxygen atoms in total. The molecule has 0 heterocycles. The van der Waals surface area contributed by atoms with E-state index < -0.39 is 41.9 Å². The molecule has 0 aliphatic carbocycles. The van der Waals surface area contributed by atoms with E-state index in [1.54, 1.807) is 0 Å². The molecule has 0 bridgehead atoms. The second-order valence-corrected chi connectivity index (χ2v) is 3.72. The highest BCUT2D eigenvalue weighted by molar-refractivity contribution is 5.88. The van der Waals surface area contributed by atoms with E-state index in [0.717, 1.165) is 12.1 Å². The van der Waals surface area contributed by atoms with Crippen molar-refractivity contribution in [3.63, 3.8) is 0 Å². The highest BCUT2D eigenvalue weighted by atomic mass is 19.4. The number of halogens is 7. The SMILES string of the molecule is O=C(Cc1cccc(C(F)(F)F)c1)C(F)(F)C(F)F. The number of Topliss-reactive ketones (excluding diaryl/α,β-unsaturated/α-hetero) is 1. The normalized spacial score (nSPS) is 12.8. The first-order chi connectivity index (χ1) is 8.55. The van der Waals surface area contributed by atoms with Crippen molar-refractivity contribution in [2.24, 2.45) is 0 Å². The van der Waals surface area contributed by atoms with Crippen molar-refractivity contribution in [1.29, 1.82) is 0 Å². The molecule has 1 aromatic rings. The van der Waals surface area contributed by atoms with Crippen molar-refractivity contribution in [2.75, 3.05) is 0 Å². The zero-order valence-corrected chi connectivity index (χ0v) is 9.15. The van der Waals surface area contributed by atoms with Crippen LogP contribution in [0.2, 0.25) is 0 Å². The lowest BCUT2D eigenvalue weighted by molar-refractivity contribution is -0.166. The van der Waals surface area contributed by atoms with Crippen LogP contribution in [-0.2, 0) is 17.4 Å². The Labute approximate surface area is 103 Å². The van der Waals surface area contributed by atoms with Crippen LogP contribution in [0.3, 0.4) is 0 Å². The van der Waals surface area contributed by atoms with Gasteiger partial charge in [0.05, 0.1) is 5.56 Å². The predicted octanol–water partition coefficient (Wildman–Crippen LogP) is 3.72. The third kappa shape index (κ3) is 3.68. The average molecular weight is 288 g/mol. The Kier molecular flexibility index (Phi) is 4.21. The molecule has 0 unspecified atom stereocenters. The standard InChI is InChI=1S/C11H7F7O/c12-9(13)10(14,15)8(19)5-6-2-1-3-7(4-6)11(16,17)18/h1-4,9H,5H2. The molecule has 19 heavy (non-hydrogen) atoms. The van der Waals surface area contributed by atoms with Crippen molar-refractivity contribution in [1.82, 2.24) is 0 Å². The molecule has 0 amide bonds. The lowest BCUT2D eigenvalue weighted by Gasteiger charge is -2.14. The molecule has 1 rings (SSSR count). The fraction of sp³-hybridized carbons (Fsp3) is 0.364. The number of benzene rings is 1. The van der Waals surface area contributed by atoms with E-state index in [1.807, 2.05) is 0 Å². The summed E-state index contributed by atoms with van der Waals surface area (Å²) in [6.07, 6.45) is -10.1. The van der Waals surface area contributed by atoms with Gasteiger partial charge in [-0.1, -0.05) is 18.2 Å². The Morgan fingerprint density at radius 1 is 1.11 bits per heavy atom. The summed E-state index contributed by atoms with van der Waals surface area (Å²) in [6.45, 7) is 0. The molecule has 0 fully saturated rings. The fourth-order valence-corrected chi connectivity index (χ4v) is 1.28. The van der Waals surface area contributed by atoms with Crippen molar-refractivity contribution >= 4 is 5.78 Å². The Hall–Kier alpha value is -1.60. The molecule has 0 spiro atoms. The van der Waals surface area contributed by atoms with Gasteiger partial charge < -0.3 is 0 Å². The molecule has 8 heteroatoms. The van der Waals surface area contributed by atoms with Crippen LogP contribution in [0.1, 0.15) is 11.1 Å². The van der Waals surface area contributed by atoms with Crippen LogP contribution >= 0.6 is 0 Å². The molecular formula is C11H7F7O. The van der Waals surface area contributed by atoms with Gasteiger partial charge in [0.25, 0.3) is 0 Å². The maximum Gasteiger partial charge on any atom is 0.416 e. The highest BCUT2D eigenvalue weighted by Crippen LogP contribution is 2.30. The fourth-order valence-electron chi connectivity index (χ4n) is 1.28. The van der Waals surface area contributed by atoms with Crippen LogP contribution in [0.25, 0.3) is 0 Å². The molecular weight excluding hydrogens is 281 g/mol. The van der Waals surface area contributed by atoms with Gasteiger partial charge in [-0.05, 0) is 11.6 Å². The average Bonchev–Trinajstić information content (AvgIpc) is 2.27. The Morgan fingerprint density at radius 3 is 2.16 bits per heavy atom. The van der Waals surface area contributed by atoms with E-state index in [4.69, 9.17) is 0 Å². The zero-order chi connectivity index (χ0) is 14.8. The number of alkyl halides is 7. The van der Waals surface area contributed by atoms with Gasteiger partial charge in [0.1, 0.15) is 0 Å². The maximum atomic E-state index is 12.6. The first-order valence-electron chi connectivity index (χ1n) is 4.90. The maximum absolute atomic E-state index is 12.6. The summed E-state index contributed by atoms with van der Waals surface area (Å²) in [5.74, 6) is -6.99. The summed E-state index contributed by atoms with van der Waals surface area (Å²) in [7, 11) is 0. The van der Waals surface area contributed by atoms with Crippen LogP contribution in [0, 0.1) is 0 Å². The molecule has 0 aliphatic rings. The van der Waals surface area contributed by atoms with Crippen LogP contribution < -0.4 is 0 Å². The minimum Gasteiger partial charge on any atom is -0.292 e. The van der Waals surface area contributed by atoms with Gasteiger partial charge in [-0.2, -0.15) is 22.0 Å². The van der Waals surface area contributed by atoms with Crippen molar-refractivity contribution in [2.45, 2.75) is 24.9 Å². The van der Waals surface area contributed by atoms with Gasteiger partial charge in [0.2, 0.25) is 5.78 Å². The quantitative estimate of drug-likeness (QED) is 0.772. The predicted molar refractivity (Wildman–Crippen MR) is 51.1 cm³/mol. The number of carbonyl (C=O) groups excluding carboxylic acids is 1. The topological polar surface area (TPSA) is 17.1 Å². The van der Waals surface area contributed by atoms with Gasteiger partial charge in [0, 0.05) is 6.42 Å². The lowest BCUT2D eigenvalue weighted by atomic mass is 10.0. The van der Waals surface area contributed by atoms with Crippen LogP contribution in [-0.4, -0.2) is 18.1 Å². The van der Waals surface area contributed by atoms with E-state index in [1.165, 1.54) is 0 Å². The molecule has 0 saturated heterocycles. The third-order valence-electron chi connectivity index (χ3n) is 2.26. The highest BCUT2D eigenvalue weighted by Gasteiger charge is 2.48. The summed E-state index contributed by atoms with van der Waals surface area (Å²) < 4.78 is 86.0. The molecule has 0 aromatic heterocycles. The summed E-state index contributed by atoms with van der Waals surface area (Å²) in [6, 6.07) is 3.04. The summed E-state index contributed by atoms with van der Waals surface area (Å²) in [5.41, 5.74) is -1.54. The molecule has 0 N–H and O–H groups in total. The van der Waals surface area contributed by atoms with Crippen LogP contribution in [0.5, 0.6) is 0 Å². The van der Waals surface area contributed by atoms with Crippen LogP contribution in [0.15, 0.2) is 24.3 Å². The first-order valence-corrected chi connectivity index (χ1v) is 4.90. The number of carbonyl (C=O) groups is 1. The van der Waals surface area contributed by atoms with Gasteiger partial charge >= 0.3 is 18.5 Å². The van der Waals surface area contributed by atoms with Gasteiger partial charge in [-0.3, -0.25) is 4.79 Å². The van der Waals surface area contributed by atoms with E-state index in [9.17, 15) is 35.5 Å². The number of rotatable bonds is 4. The Morgan fingerprint density at radius 2 is 1.68 bits per heavy atom. The van der Waals surface area contributed by atoms with Crippen LogP contribution in [0.4, 0.5) is 30.7 Å². The number of ketones is 1. The number of hydrogen-bond acceptors (Lipinski definition) is 1. The molecule has 0 saturated carbocycles. The Bertz CT molecular complexity index is 464. The first kappa shape index (κ1) is 15.5. The van der Waals surface area contributed by atoms with Crippen molar-refractivity contribution in [3.05, 3.63) is 35.4 Å². The molecule has 0 aliphatic heterocycles. The minimum absolute atomic E-state index is 0.403. The summed E-state index contributed by atoms with van der Waals surface area (Å²) in [4.78, 5) is 10.9. The zero-order valence-electron chi connectivity index (χ0n) is 9.15. The monoisotopic (exact) mass is 288 g/mol. The Balaban J connectivity index is 2.93. The van der Waals surface area contributed by atoms with Crippen molar-refractivity contribution < 1.29 is 35.5 Å². The molecule has 0 radical (unpaired) electrons. The second-order valence-electron chi connectivity index (χ2n) is 3.72. The minimum atomic E-state index is -4.87. The molecule has 106 valence electrons. The van der Waals surface area contributed by atoms with Gasteiger partial charge in [-0.15, -0.1) is 0 Å². The van der Waals surface area contributed by atoms with Crippen molar-refractivity contribution in [3.8, 4) is 0 Å². The van der Waals surface area contributed by atoms with Gasteiger partial charge in [-0.25, -0.2) is 8.78 Å².